The Hall–Kier alpha value is -2.79. The standard InChI is InChI=1S/C24H29ClF3N3O4S/c1-5-21(23(33)29-6-2)30(14-17-10-8-7-9-16(17)3)22(32)15-31(36(4,34)35)18-11-12-20(25)19(13-18)24(26,27)28/h7-13,21H,5-6,14-15H2,1-4H3,(H,29,33)/t21-/m0/s1. The van der Waals surface area contributed by atoms with Gasteiger partial charge in [-0.2, -0.15) is 13.2 Å². The molecular formula is C24H29ClF3N3O4S. The number of hydrogen-bond acceptors (Lipinski definition) is 4. The average Bonchev–Trinajstić information content (AvgIpc) is 2.77. The van der Waals surface area contributed by atoms with E-state index in [4.69, 9.17) is 11.6 Å². The highest BCUT2D eigenvalue weighted by atomic mass is 35.5. The van der Waals surface area contributed by atoms with E-state index in [1.54, 1.807) is 26.0 Å². The van der Waals surface area contributed by atoms with Crippen molar-refractivity contribution < 1.29 is 31.2 Å². The maximum absolute atomic E-state index is 13.5. The highest BCUT2D eigenvalue weighted by Crippen LogP contribution is 2.37. The molecule has 12 heteroatoms. The Labute approximate surface area is 214 Å². The predicted molar refractivity (Wildman–Crippen MR) is 133 cm³/mol. The van der Waals surface area contributed by atoms with Crippen molar-refractivity contribution >= 4 is 39.1 Å². The van der Waals surface area contributed by atoms with Crippen molar-refractivity contribution in [2.24, 2.45) is 0 Å². The quantitative estimate of drug-likeness (QED) is 0.478. The summed E-state index contributed by atoms with van der Waals surface area (Å²) in [6, 6.07) is 8.89. The molecule has 198 valence electrons. The van der Waals surface area contributed by atoms with Crippen LogP contribution in [-0.4, -0.2) is 50.5 Å². The van der Waals surface area contributed by atoms with Crippen LogP contribution in [0.4, 0.5) is 18.9 Å². The number of sulfonamides is 1. The van der Waals surface area contributed by atoms with E-state index in [-0.39, 0.29) is 18.7 Å². The van der Waals surface area contributed by atoms with Gasteiger partial charge in [-0.15, -0.1) is 0 Å². The van der Waals surface area contributed by atoms with Crippen molar-refractivity contribution in [3.63, 3.8) is 0 Å². The summed E-state index contributed by atoms with van der Waals surface area (Å²) in [6.45, 7) is 4.79. The SMILES string of the molecule is CCNC(=O)[C@H](CC)N(Cc1ccccc1C)C(=O)CN(c1ccc(Cl)c(C(F)(F)F)c1)S(C)(=O)=O. The molecule has 1 N–H and O–H groups in total. The Balaban J connectivity index is 2.53. The van der Waals surface area contributed by atoms with Crippen LogP contribution in [0.25, 0.3) is 0 Å². The minimum atomic E-state index is -4.83. The summed E-state index contributed by atoms with van der Waals surface area (Å²) in [5.41, 5.74) is -0.00309. The first-order chi connectivity index (χ1) is 16.7. The molecule has 36 heavy (non-hydrogen) atoms. The molecule has 0 fully saturated rings. The summed E-state index contributed by atoms with van der Waals surface area (Å²) in [5.74, 6) is -1.16. The summed E-state index contributed by atoms with van der Waals surface area (Å²) < 4.78 is 66.0. The lowest BCUT2D eigenvalue weighted by Crippen LogP contribution is -2.52. The first-order valence-electron chi connectivity index (χ1n) is 11.2. The van der Waals surface area contributed by atoms with Crippen LogP contribution in [0, 0.1) is 6.92 Å². The van der Waals surface area contributed by atoms with Gasteiger partial charge in [-0.25, -0.2) is 8.42 Å². The van der Waals surface area contributed by atoms with Gasteiger partial charge in [-0.1, -0.05) is 42.8 Å². The van der Waals surface area contributed by atoms with Crippen LogP contribution in [0.1, 0.15) is 37.0 Å². The monoisotopic (exact) mass is 547 g/mol. The van der Waals surface area contributed by atoms with Crippen molar-refractivity contribution in [2.45, 2.75) is 46.0 Å². The smallest absolute Gasteiger partial charge is 0.355 e. The van der Waals surface area contributed by atoms with Crippen LogP contribution >= 0.6 is 11.6 Å². The fourth-order valence-electron chi connectivity index (χ4n) is 3.68. The summed E-state index contributed by atoms with van der Waals surface area (Å²) in [5, 5.41) is 2.07. The number of amides is 2. The van der Waals surface area contributed by atoms with Gasteiger partial charge in [0.25, 0.3) is 0 Å². The number of hydrogen-bond donors (Lipinski definition) is 1. The van der Waals surface area contributed by atoms with E-state index in [0.29, 0.717) is 16.9 Å². The van der Waals surface area contributed by atoms with Crippen LogP contribution in [0.2, 0.25) is 5.02 Å². The van der Waals surface area contributed by atoms with E-state index in [1.807, 2.05) is 19.1 Å². The molecule has 0 aromatic heterocycles. The molecule has 2 rings (SSSR count). The van der Waals surface area contributed by atoms with Crippen LogP contribution in [-0.2, 0) is 32.3 Å². The molecule has 0 aliphatic rings. The number of halogens is 4. The summed E-state index contributed by atoms with van der Waals surface area (Å²) in [4.78, 5) is 27.6. The van der Waals surface area contributed by atoms with E-state index in [1.165, 1.54) is 4.90 Å². The van der Waals surface area contributed by atoms with Crippen molar-refractivity contribution in [1.82, 2.24) is 10.2 Å². The highest BCUT2D eigenvalue weighted by Gasteiger charge is 2.36. The van der Waals surface area contributed by atoms with Gasteiger partial charge in [-0.3, -0.25) is 13.9 Å². The number of nitrogens with zero attached hydrogens (tertiary/aromatic N) is 2. The van der Waals surface area contributed by atoms with Crippen LogP contribution in [0.5, 0.6) is 0 Å². The fraction of sp³-hybridized carbons (Fsp3) is 0.417. The third-order valence-electron chi connectivity index (χ3n) is 5.56. The van der Waals surface area contributed by atoms with Crippen molar-refractivity contribution in [1.29, 1.82) is 0 Å². The van der Waals surface area contributed by atoms with E-state index >= 15 is 0 Å². The number of carbonyl (C=O) groups excluding carboxylic acids is 2. The normalized spacial score (nSPS) is 12.7. The number of benzene rings is 2. The first-order valence-corrected chi connectivity index (χ1v) is 13.4. The third kappa shape index (κ3) is 7.36. The van der Waals surface area contributed by atoms with E-state index in [9.17, 15) is 31.2 Å². The number of anilines is 1. The Morgan fingerprint density at radius 3 is 2.28 bits per heavy atom. The van der Waals surface area contributed by atoms with Gasteiger partial charge >= 0.3 is 6.18 Å². The number of carbonyl (C=O) groups is 2. The molecule has 0 aliphatic heterocycles. The zero-order valence-corrected chi connectivity index (χ0v) is 22.0. The van der Waals surface area contributed by atoms with Gasteiger partial charge < -0.3 is 10.2 Å². The maximum atomic E-state index is 13.5. The summed E-state index contributed by atoms with van der Waals surface area (Å²) in [7, 11) is -4.19. The number of likely N-dealkylation sites (N-methyl/N-ethyl adjacent to an activating group) is 1. The third-order valence-corrected chi connectivity index (χ3v) is 7.03. The maximum Gasteiger partial charge on any atom is 0.417 e. The Morgan fingerprint density at radius 2 is 1.75 bits per heavy atom. The van der Waals surface area contributed by atoms with Crippen molar-refractivity contribution in [2.75, 3.05) is 23.7 Å². The van der Waals surface area contributed by atoms with Crippen LogP contribution in [0.15, 0.2) is 42.5 Å². The van der Waals surface area contributed by atoms with E-state index in [2.05, 4.69) is 5.32 Å². The molecule has 2 amide bonds. The molecule has 0 radical (unpaired) electrons. The second-order valence-electron chi connectivity index (χ2n) is 8.20. The largest absolute Gasteiger partial charge is 0.417 e. The number of aryl methyl sites for hydroxylation is 1. The van der Waals surface area contributed by atoms with Crippen molar-refractivity contribution in [3.05, 3.63) is 64.2 Å². The van der Waals surface area contributed by atoms with Gasteiger partial charge in [0.05, 0.1) is 22.5 Å². The Kier molecular flexibility index (Phi) is 9.78. The van der Waals surface area contributed by atoms with Gasteiger partial charge in [0.2, 0.25) is 21.8 Å². The second kappa shape index (κ2) is 12.0. The van der Waals surface area contributed by atoms with Gasteiger partial charge in [0.1, 0.15) is 12.6 Å². The zero-order valence-electron chi connectivity index (χ0n) is 20.4. The minimum absolute atomic E-state index is 0.00711. The van der Waals surface area contributed by atoms with E-state index in [0.717, 1.165) is 29.5 Å². The summed E-state index contributed by atoms with van der Waals surface area (Å²) >= 11 is 5.68. The molecule has 2 aromatic rings. The van der Waals surface area contributed by atoms with Crippen LogP contribution in [0.3, 0.4) is 0 Å². The average molecular weight is 548 g/mol. The fourth-order valence-corrected chi connectivity index (χ4v) is 4.75. The zero-order chi connectivity index (χ0) is 27.3. The molecule has 0 aliphatic carbocycles. The Morgan fingerprint density at radius 1 is 1.11 bits per heavy atom. The molecule has 0 saturated carbocycles. The number of alkyl halides is 3. The van der Waals surface area contributed by atoms with Crippen LogP contribution < -0.4 is 9.62 Å². The topological polar surface area (TPSA) is 86.8 Å². The van der Waals surface area contributed by atoms with Gasteiger partial charge in [0, 0.05) is 13.1 Å². The molecule has 2 aromatic carbocycles. The first kappa shape index (κ1) is 29.4. The molecule has 7 nitrogen and oxygen atoms in total. The van der Waals surface area contributed by atoms with Crippen molar-refractivity contribution in [3.8, 4) is 0 Å². The molecular weight excluding hydrogens is 519 g/mol. The lowest BCUT2D eigenvalue weighted by atomic mass is 10.1. The minimum Gasteiger partial charge on any atom is -0.355 e. The predicted octanol–water partition coefficient (Wildman–Crippen LogP) is 4.38. The second-order valence-corrected chi connectivity index (χ2v) is 10.5. The number of rotatable bonds is 10. The molecule has 0 spiro atoms. The molecule has 1 atom stereocenters. The molecule has 0 bridgehead atoms. The summed E-state index contributed by atoms with van der Waals surface area (Å²) in [6.07, 6.45) is -3.81. The molecule has 0 unspecified atom stereocenters. The van der Waals surface area contributed by atoms with Gasteiger partial charge in [0.15, 0.2) is 0 Å². The number of nitrogens with one attached hydrogen (secondary N) is 1. The van der Waals surface area contributed by atoms with E-state index < -0.39 is 51.2 Å². The Bertz CT molecular complexity index is 1210. The molecule has 0 heterocycles. The molecule has 0 saturated heterocycles. The lowest BCUT2D eigenvalue weighted by Gasteiger charge is -2.33. The van der Waals surface area contributed by atoms with Gasteiger partial charge in [-0.05, 0) is 49.6 Å². The lowest BCUT2D eigenvalue weighted by molar-refractivity contribution is -0.140. The highest BCUT2D eigenvalue weighted by molar-refractivity contribution is 7.92.